The number of rotatable bonds is 2. The Balaban J connectivity index is 2.16. The minimum atomic E-state index is -0.693. The monoisotopic (exact) mass is 345 g/mol. The van der Waals surface area contributed by atoms with Crippen LogP contribution < -0.4 is 5.73 Å². The van der Waals surface area contributed by atoms with Crippen LogP contribution in [0.5, 0.6) is 0 Å². The summed E-state index contributed by atoms with van der Waals surface area (Å²) in [5, 5.41) is 21.8. The highest BCUT2D eigenvalue weighted by molar-refractivity contribution is 7.10. The van der Waals surface area contributed by atoms with E-state index in [9.17, 15) is 20.2 Å². The Kier molecular flexibility index (Phi) is 3.68. The van der Waals surface area contributed by atoms with Crippen LogP contribution in [0.25, 0.3) is 0 Å². The average Bonchev–Trinajstić information content (AvgIpc) is 2.94. The normalized spacial score (nSPS) is 22.7. The fourth-order valence-electron chi connectivity index (χ4n) is 3.16. The fourth-order valence-corrected chi connectivity index (χ4v) is 4.13. The molecule has 8 heteroatoms. The molecular weight excluding hydrogens is 330 g/mol. The first kappa shape index (κ1) is 16.2. The largest absolute Gasteiger partial charge is 0.444 e. The zero-order valence-corrected chi connectivity index (χ0v) is 14.0. The Morgan fingerprint density at radius 1 is 1.50 bits per heavy atom. The number of ether oxygens (including phenoxy) is 1. The number of hydrogen-bond donors (Lipinski definition) is 1. The van der Waals surface area contributed by atoms with Gasteiger partial charge in [0.05, 0.1) is 16.2 Å². The van der Waals surface area contributed by atoms with Crippen molar-refractivity contribution < 1.29 is 14.5 Å². The smallest absolute Gasteiger partial charge is 0.280 e. The molecule has 7 nitrogen and oxygen atoms in total. The summed E-state index contributed by atoms with van der Waals surface area (Å²) in [6.07, 6.45) is 0.856. The van der Waals surface area contributed by atoms with Crippen molar-refractivity contribution in [1.29, 1.82) is 5.26 Å². The van der Waals surface area contributed by atoms with Gasteiger partial charge in [-0.3, -0.25) is 14.9 Å². The van der Waals surface area contributed by atoms with E-state index in [1.807, 2.05) is 19.9 Å². The van der Waals surface area contributed by atoms with Crippen LogP contribution in [0, 0.1) is 26.9 Å². The summed E-state index contributed by atoms with van der Waals surface area (Å²) in [5.74, 6) is -0.375. The molecule has 0 aromatic carbocycles. The third-order valence-corrected chi connectivity index (χ3v) is 5.16. The van der Waals surface area contributed by atoms with E-state index in [-0.39, 0.29) is 28.3 Å². The second-order valence-corrected chi connectivity index (χ2v) is 7.61. The van der Waals surface area contributed by atoms with Crippen molar-refractivity contribution in [2.24, 2.45) is 11.1 Å². The van der Waals surface area contributed by atoms with Crippen LogP contribution in [0.2, 0.25) is 0 Å². The molecule has 1 aromatic rings. The predicted molar refractivity (Wildman–Crippen MR) is 86.7 cm³/mol. The van der Waals surface area contributed by atoms with Crippen molar-refractivity contribution >= 4 is 22.8 Å². The average molecular weight is 345 g/mol. The van der Waals surface area contributed by atoms with Gasteiger partial charge in [-0.2, -0.15) is 5.26 Å². The van der Waals surface area contributed by atoms with E-state index in [0.717, 1.165) is 11.3 Å². The molecule has 124 valence electrons. The molecule has 0 bridgehead atoms. The van der Waals surface area contributed by atoms with E-state index in [1.54, 1.807) is 0 Å². The molecule has 0 saturated heterocycles. The number of hydrogen-bond acceptors (Lipinski definition) is 7. The maximum atomic E-state index is 12.7. The molecule has 1 atom stereocenters. The Labute approximate surface area is 142 Å². The summed E-state index contributed by atoms with van der Waals surface area (Å²) in [6, 6.07) is 3.39. The number of thiophene rings is 1. The van der Waals surface area contributed by atoms with E-state index >= 15 is 0 Å². The lowest BCUT2D eigenvalue weighted by Gasteiger charge is -2.36. The molecule has 0 amide bonds. The predicted octanol–water partition coefficient (Wildman–Crippen LogP) is 3.11. The highest BCUT2D eigenvalue weighted by Gasteiger charge is 2.43. The zero-order chi connectivity index (χ0) is 17.6. The summed E-state index contributed by atoms with van der Waals surface area (Å²) in [5.41, 5.74) is 6.08. The van der Waals surface area contributed by atoms with E-state index < -0.39 is 10.8 Å². The van der Waals surface area contributed by atoms with Crippen LogP contribution in [0.15, 0.2) is 34.2 Å². The Hall–Kier alpha value is -2.66. The summed E-state index contributed by atoms with van der Waals surface area (Å²) < 4.78 is 5.57. The van der Waals surface area contributed by atoms with Gasteiger partial charge in [-0.1, -0.05) is 13.8 Å². The molecule has 0 radical (unpaired) electrons. The standard InChI is InChI=1S/C16H15N3O4S/c1-16(2)4-10(20)14-11(5-16)23-15(18)9(6-17)13(14)12-3-8(7-24-12)19(21)22/h3,7,13H,4-5,18H2,1-2H3/t13-/m0/s1. The third-order valence-electron chi connectivity index (χ3n) is 4.18. The van der Waals surface area contributed by atoms with Gasteiger partial charge in [-0.25, -0.2) is 0 Å². The van der Waals surface area contributed by atoms with Crippen LogP contribution in [-0.2, 0) is 9.53 Å². The summed E-state index contributed by atoms with van der Waals surface area (Å²) in [4.78, 5) is 23.7. The van der Waals surface area contributed by atoms with Gasteiger partial charge in [0.15, 0.2) is 5.78 Å². The number of Topliss-reactive ketones (excluding diaryl/α,β-unsaturated/α-hetero) is 1. The number of ketones is 1. The van der Waals surface area contributed by atoms with Gasteiger partial charge < -0.3 is 10.5 Å². The molecule has 2 heterocycles. The van der Waals surface area contributed by atoms with E-state index in [0.29, 0.717) is 29.1 Å². The topological polar surface area (TPSA) is 119 Å². The SMILES string of the molecule is CC1(C)CC(=O)C2=C(C1)OC(N)=C(C#N)[C@H]2c1cc([N+](=O)[O-])cs1. The first-order chi connectivity index (χ1) is 11.2. The molecule has 0 saturated carbocycles. The van der Waals surface area contributed by atoms with Crippen molar-refractivity contribution in [3.8, 4) is 6.07 Å². The van der Waals surface area contributed by atoms with Crippen LogP contribution in [0.1, 0.15) is 37.5 Å². The second kappa shape index (κ2) is 5.46. The van der Waals surface area contributed by atoms with Gasteiger partial charge in [0.1, 0.15) is 17.4 Å². The lowest BCUT2D eigenvalue weighted by Crippen LogP contribution is -2.33. The molecule has 1 aliphatic carbocycles. The van der Waals surface area contributed by atoms with Crippen LogP contribution >= 0.6 is 11.3 Å². The molecule has 24 heavy (non-hydrogen) atoms. The van der Waals surface area contributed by atoms with Gasteiger partial charge in [0, 0.05) is 29.4 Å². The molecular formula is C16H15N3O4S. The number of nitrogens with two attached hydrogens (primary N) is 1. The van der Waals surface area contributed by atoms with Crippen molar-refractivity contribution in [2.75, 3.05) is 0 Å². The first-order valence-corrected chi connectivity index (χ1v) is 8.18. The number of carbonyl (C=O) groups excluding carboxylic acids is 1. The van der Waals surface area contributed by atoms with E-state index in [2.05, 4.69) is 0 Å². The number of nitro groups is 1. The molecule has 0 unspecified atom stereocenters. The third kappa shape index (κ3) is 2.57. The number of nitriles is 1. The zero-order valence-electron chi connectivity index (χ0n) is 13.2. The van der Waals surface area contributed by atoms with Crippen molar-refractivity contribution in [3.05, 3.63) is 49.2 Å². The quantitative estimate of drug-likeness (QED) is 0.649. The maximum absolute atomic E-state index is 12.7. The Morgan fingerprint density at radius 2 is 2.21 bits per heavy atom. The van der Waals surface area contributed by atoms with Gasteiger partial charge in [0.2, 0.25) is 5.88 Å². The first-order valence-electron chi connectivity index (χ1n) is 7.30. The highest BCUT2D eigenvalue weighted by atomic mass is 32.1. The molecule has 3 rings (SSSR count). The summed E-state index contributed by atoms with van der Waals surface area (Å²) in [7, 11) is 0. The molecule has 2 aliphatic rings. The highest BCUT2D eigenvalue weighted by Crippen LogP contribution is 2.49. The van der Waals surface area contributed by atoms with E-state index in [1.165, 1.54) is 11.4 Å². The van der Waals surface area contributed by atoms with Gasteiger partial charge in [-0.05, 0) is 5.41 Å². The van der Waals surface area contributed by atoms with Gasteiger partial charge >= 0.3 is 0 Å². The molecule has 0 spiro atoms. The minimum Gasteiger partial charge on any atom is -0.444 e. The van der Waals surface area contributed by atoms with Crippen molar-refractivity contribution in [2.45, 2.75) is 32.6 Å². The van der Waals surface area contributed by atoms with Crippen molar-refractivity contribution in [3.63, 3.8) is 0 Å². The number of allylic oxidation sites excluding steroid dienone is 3. The maximum Gasteiger partial charge on any atom is 0.280 e. The molecule has 2 N–H and O–H groups in total. The van der Waals surface area contributed by atoms with Crippen molar-refractivity contribution in [1.82, 2.24) is 0 Å². The van der Waals surface area contributed by atoms with Gasteiger partial charge in [-0.15, -0.1) is 11.3 Å². The van der Waals surface area contributed by atoms with E-state index in [4.69, 9.17) is 10.5 Å². The Bertz CT molecular complexity index is 857. The summed E-state index contributed by atoms with van der Waals surface area (Å²) >= 11 is 1.14. The lowest BCUT2D eigenvalue weighted by molar-refractivity contribution is -0.384. The molecule has 0 fully saturated rings. The summed E-state index contributed by atoms with van der Waals surface area (Å²) in [6.45, 7) is 3.92. The minimum absolute atomic E-state index is 0.0391. The molecule has 1 aromatic heterocycles. The van der Waals surface area contributed by atoms with Crippen LogP contribution in [-0.4, -0.2) is 10.7 Å². The Morgan fingerprint density at radius 3 is 2.79 bits per heavy atom. The lowest BCUT2D eigenvalue weighted by atomic mass is 9.71. The van der Waals surface area contributed by atoms with Crippen LogP contribution in [0.4, 0.5) is 5.69 Å². The molecule has 1 aliphatic heterocycles. The number of carbonyl (C=O) groups is 1. The van der Waals surface area contributed by atoms with Crippen LogP contribution in [0.3, 0.4) is 0 Å². The fraction of sp³-hybridized carbons (Fsp3) is 0.375. The van der Waals surface area contributed by atoms with Gasteiger partial charge in [0.25, 0.3) is 5.69 Å². The second-order valence-electron chi connectivity index (χ2n) is 6.67. The number of nitrogens with zero attached hydrogens (tertiary/aromatic N) is 2.